The van der Waals surface area contributed by atoms with Gasteiger partial charge in [0.2, 0.25) is 0 Å². The van der Waals surface area contributed by atoms with Gasteiger partial charge < -0.3 is 4.90 Å². The highest BCUT2D eigenvalue weighted by Crippen LogP contribution is 2.53. The van der Waals surface area contributed by atoms with E-state index in [4.69, 9.17) is 0 Å². The van der Waals surface area contributed by atoms with Gasteiger partial charge in [-0.1, -0.05) is 45.9 Å². The van der Waals surface area contributed by atoms with Crippen LogP contribution in [0, 0.1) is 16.7 Å². The van der Waals surface area contributed by atoms with Crippen molar-refractivity contribution in [3.05, 3.63) is 29.8 Å². The maximum atomic E-state index is 2.70. The van der Waals surface area contributed by atoms with Gasteiger partial charge in [-0.05, 0) is 66.4 Å². The van der Waals surface area contributed by atoms with Crippen LogP contribution in [0.25, 0.3) is 0 Å². The van der Waals surface area contributed by atoms with Gasteiger partial charge in [-0.2, -0.15) is 0 Å². The summed E-state index contributed by atoms with van der Waals surface area (Å²) < 4.78 is 0. The van der Waals surface area contributed by atoms with E-state index in [2.05, 4.69) is 61.8 Å². The van der Waals surface area contributed by atoms with E-state index in [-0.39, 0.29) is 24.8 Å². The summed E-state index contributed by atoms with van der Waals surface area (Å²) in [6.45, 7) is 16.1. The smallest absolute Gasteiger partial charge is 0.0402 e. The van der Waals surface area contributed by atoms with Crippen molar-refractivity contribution >= 4 is 30.5 Å². The second-order valence-corrected chi connectivity index (χ2v) is 10.9. The molecule has 0 atom stereocenters. The monoisotopic (exact) mass is 426 g/mol. The van der Waals surface area contributed by atoms with Crippen molar-refractivity contribution < 1.29 is 0 Å². The average molecular weight is 428 g/mol. The molecule has 4 rings (SSSR count). The molecule has 3 aliphatic rings. The van der Waals surface area contributed by atoms with E-state index in [9.17, 15) is 0 Å². The fourth-order valence-corrected chi connectivity index (χ4v) is 6.02. The molecule has 1 heterocycles. The second kappa shape index (κ2) is 9.14. The molecule has 2 nitrogen and oxygen atoms in total. The van der Waals surface area contributed by atoms with E-state index in [0.717, 1.165) is 5.92 Å². The number of piperazine rings is 1. The number of para-hydroxylation sites is 1. The molecular weight excluding hydrogens is 387 g/mol. The van der Waals surface area contributed by atoms with Gasteiger partial charge in [0.05, 0.1) is 0 Å². The van der Waals surface area contributed by atoms with Crippen LogP contribution in [-0.2, 0) is 0 Å². The largest absolute Gasteiger partial charge is 0.369 e. The molecule has 0 unspecified atom stereocenters. The van der Waals surface area contributed by atoms with Crippen molar-refractivity contribution in [1.82, 2.24) is 4.90 Å². The van der Waals surface area contributed by atoms with Crippen LogP contribution in [0.4, 0.5) is 5.69 Å². The number of hydrogen-bond donors (Lipinski definition) is 0. The molecule has 0 N–H and O–H groups in total. The van der Waals surface area contributed by atoms with Gasteiger partial charge in [0.15, 0.2) is 0 Å². The Labute approximate surface area is 185 Å². The zero-order chi connectivity index (χ0) is 18.4. The van der Waals surface area contributed by atoms with Crippen molar-refractivity contribution in [2.24, 2.45) is 16.7 Å². The molecule has 0 spiro atoms. The predicted octanol–water partition coefficient (Wildman–Crippen LogP) is 6.38. The number of halogens is 2. The molecule has 0 aromatic heterocycles. The van der Waals surface area contributed by atoms with Gasteiger partial charge in [0.25, 0.3) is 0 Å². The van der Waals surface area contributed by atoms with Crippen molar-refractivity contribution in [3.63, 3.8) is 0 Å². The summed E-state index contributed by atoms with van der Waals surface area (Å²) in [5, 5.41) is 0. The van der Waals surface area contributed by atoms with Crippen LogP contribution in [0.5, 0.6) is 0 Å². The summed E-state index contributed by atoms with van der Waals surface area (Å²) in [6.07, 6.45) is 6.94. The number of rotatable bonds is 4. The van der Waals surface area contributed by atoms with Crippen molar-refractivity contribution in [2.75, 3.05) is 37.6 Å². The van der Waals surface area contributed by atoms with Gasteiger partial charge >= 0.3 is 0 Å². The van der Waals surface area contributed by atoms with Crippen LogP contribution in [0.3, 0.4) is 0 Å². The summed E-state index contributed by atoms with van der Waals surface area (Å²) in [5.41, 5.74) is 4.03. The lowest BCUT2D eigenvalue weighted by Crippen LogP contribution is -2.47. The molecule has 160 valence electrons. The fourth-order valence-electron chi connectivity index (χ4n) is 6.02. The van der Waals surface area contributed by atoms with Crippen LogP contribution in [0.15, 0.2) is 24.3 Å². The lowest BCUT2D eigenvalue weighted by atomic mass is 9.60. The van der Waals surface area contributed by atoms with Crippen LogP contribution in [0.1, 0.15) is 71.3 Å². The molecular formula is C24H40Cl2N2. The third kappa shape index (κ3) is 5.80. The molecule has 0 bridgehead atoms. The number of hydrogen-bond acceptors (Lipinski definition) is 2. The molecule has 3 fully saturated rings. The molecule has 1 aromatic rings. The summed E-state index contributed by atoms with van der Waals surface area (Å²) in [5.74, 6) is 1.72. The van der Waals surface area contributed by atoms with Crippen LogP contribution in [0.2, 0.25) is 0 Å². The van der Waals surface area contributed by atoms with Crippen molar-refractivity contribution in [2.45, 2.75) is 65.7 Å². The molecule has 4 heteroatoms. The summed E-state index contributed by atoms with van der Waals surface area (Å²) in [4.78, 5) is 5.37. The lowest BCUT2D eigenvalue weighted by Gasteiger charge is -2.46. The Bertz CT molecular complexity index is 615. The standard InChI is InChI=1S/C24H38N2.2ClH/c1-23(2)15-20(16-24(3,4)18-23)21-7-5-6-8-22(21)26-13-11-25(12-14-26)17-19-9-10-19;;/h5-8,19-20H,9-18H2,1-4H3;2*1H. The van der Waals surface area contributed by atoms with Crippen molar-refractivity contribution in [3.8, 4) is 0 Å². The first kappa shape index (κ1) is 23.8. The van der Waals surface area contributed by atoms with Gasteiger partial charge in [0, 0.05) is 38.4 Å². The minimum atomic E-state index is 0. The van der Waals surface area contributed by atoms with Gasteiger partial charge in [-0.25, -0.2) is 0 Å². The highest BCUT2D eigenvalue weighted by Gasteiger charge is 2.40. The van der Waals surface area contributed by atoms with E-state index >= 15 is 0 Å². The topological polar surface area (TPSA) is 6.48 Å². The SMILES string of the molecule is CC1(C)CC(c2ccccc2N2CCN(CC3CC3)CC2)CC(C)(C)C1.Cl.Cl. The summed E-state index contributed by atoms with van der Waals surface area (Å²) in [6, 6.07) is 9.32. The quantitative estimate of drug-likeness (QED) is 0.550. The molecule has 2 aliphatic carbocycles. The highest BCUT2D eigenvalue weighted by atomic mass is 35.5. The Morgan fingerprint density at radius 3 is 2.00 bits per heavy atom. The third-order valence-corrected chi connectivity index (χ3v) is 6.86. The normalized spacial score (nSPS) is 24.9. The second-order valence-electron chi connectivity index (χ2n) is 10.9. The van der Waals surface area contributed by atoms with Crippen LogP contribution < -0.4 is 4.90 Å². The maximum Gasteiger partial charge on any atom is 0.0402 e. The molecule has 2 saturated carbocycles. The Morgan fingerprint density at radius 1 is 0.857 bits per heavy atom. The average Bonchev–Trinajstić information content (AvgIpc) is 3.37. The van der Waals surface area contributed by atoms with E-state index in [1.54, 1.807) is 5.56 Å². The van der Waals surface area contributed by atoms with E-state index in [1.807, 2.05) is 0 Å². The van der Waals surface area contributed by atoms with Gasteiger partial charge in [-0.15, -0.1) is 24.8 Å². The van der Waals surface area contributed by atoms with Crippen molar-refractivity contribution in [1.29, 1.82) is 0 Å². The fraction of sp³-hybridized carbons (Fsp3) is 0.750. The Morgan fingerprint density at radius 2 is 1.43 bits per heavy atom. The van der Waals surface area contributed by atoms with E-state index < -0.39 is 0 Å². The Hall–Kier alpha value is -0.440. The number of anilines is 1. The van der Waals surface area contributed by atoms with E-state index in [0.29, 0.717) is 16.7 Å². The van der Waals surface area contributed by atoms with Gasteiger partial charge in [0.1, 0.15) is 0 Å². The number of benzene rings is 1. The Balaban J connectivity index is 0.00000140. The predicted molar refractivity (Wildman–Crippen MR) is 126 cm³/mol. The molecule has 0 radical (unpaired) electrons. The zero-order valence-corrected chi connectivity index (χ0v) is 19.9. The third-order valence-electron chi connectivity index (χ3n) is 6.86. The first-order valence-electron chi connectivity index (χ1n) is 10.9. The van der Waals surface area contributed by atoms with Crippen LogP contribution >= 0.6 is 24.8 Å². The zero-order valence-electron chi connectivity index (χ0n) is 18.2. The van der Waals surface area contributed by atoms with Gasteiger partial charge in [-0.3, -0.25) is 4.90 Å². The molecule has 1 saturated heterocycles. The Kier molecular flexibility index (Phi) is 7.78. The van der Waals surface area contributed by atoms with Crippen LogP contribution in [-0.4, -0.2) is 37.6 Å². The summed E-state index contributed by atoms with van der Waals surface area (Å²) >= 11 is 0. The molecule has 1 aliphatic heterocycles. The number of nitrogens with zero attached hydrogens (tertiary/aromatic N) is 2. The first-order valence-corrected chi connectivity index (χ1v) is 10.9. The molecule has 1 aromatic carbocycles. The maximum absolute atomic E-state index is 2.70. The molecule has 0 amide bonds. The van der Waals surface area contributed by atoms with E-state index in [1.165, 1.54) is 70.5 Å². The minimum absolute atomic E-state index is 0. The minimum Gasteiger partial charge on any atom is -0.369 e. The molecule has 28 heavy (non-hydrogen) atoms. The lowest BCUT2D eigenvalue weighted by molar-refractivity contribution is 0.0970. The summed E-state index contributed by atoms with van der Waals surface area (Å²) in [7, 11) is 0. The first-order chi connectivity index (χ1) is 12.3. The highest BCUT2D eigenvalue weighted by molar-refractivity contribution is 5.85.